The molecule has 0 fully saturated rings. The highest BCUT2D eigenvalue weighted by Gasteiger charge is 2.40. The van der Waals surface area contributed by atoms with E-state index in [1.165, 1.54) is 0 Å². The van der Waals surface area contributed by atoms with Crippen LogP contribution in [0.1, 0.15) is 0 Å². The first-order chi connectivity index (χ1) is 19.7. The molecule has 188 valence electrons. The van der Waals surface area contributed by atoms with Crippen LogP contribution in [-0.4, -0.2) is 4.57 Å². The van der Waals surface area contributed by atoms with E-state index >= 15 is 4.57 Å². The molecule has 0 bridgehead atoms. The largest absolute Gasteiger partial charge is 0.456 e. The van der Waals surface area contributed by atoms with E-state index in [-0.39, 0.29) is 0 Å². The Labute approximate surface area is 230 Å². The zero-order valence-electron chi connectivity index (χ0n) is 21.4. The molecule has 0 radical (unpaired) electrons. The SMILES string of the molecule is O=P1(c2ccccc2)c2ccccc2-c2cc3c(cc21)c1ccccc1n3-c1cccc2oc3ccccc3c12. The second-order valence-corrected chi connectivity index (χ2v) is 13.1. The molecule has 3 nitrogen and oxygen atoms in total. The van der Waals surface area contributed by atoms with Gasteiger partial charge in [-0.2, -0.15) is 0 Å². The topological polar surface area (TPSA) is 35.1 Å². The van der Waals surface area contributed by atoms with Crippen molar-refractivity contribution in [2.45, 2.75) is 0 Å². The minimum atomic E-state index is -3.03. The third-order valence-corrected chi connectivity index (χ3v) is 11.5. The van der Waals surface area contributed by atoms with Gasteiger partial charge in [-0.3, -0.25) is 0 Å². The van der Waals surface area contributed by atoms with E-state index in [0.29, 0.717) is 0 Å². The second-order valence-electron chi connectivity index (χ2n) is 10.4. The Morgan fingerprint density at radius 2 is 1.25 bits per heavy atom. The number of aromatic nitrogens is 1. The van der Waals surface area contributed by atoms with E-state index in [4.69, 9.17) is 4.42 Å². The molecule has 0 saturated carbocycles. The Bertz CT molecular complexity index is 2360. The fraction of sp³-hybridized carbons (Fsp3) is 0. The lowest BCUT2D eigenvalue weighted by Crippen LogP contribution is -2.20. The molecule has 8 aromatic rings. The number of furan rings is 1. The van der Waals surface area contributed by atoms with Gasteiger partial charge >= 0.3 is 0 Å². The van der Waals surface area contributed by atoms with Crippen LogP contribution in [0.3, 0.4) is 0 Å². The maximum Gasteiger partial charge on any atom is 0.172 e. The maximum absolute atomic E-state index is 15.2. The van der Waals surface area contributed by atoms with Crippen molar-refractivity contribution in [1.29, 1.82) is 0 Å². The Kier molecular flexibility index (Phi) is 4.32. The summed E-state index contributed by atoms with van der Waals surface area (Å²) >= 11 is 0. The van der Waals surface area contributed by atoms with Crippen molar-refractivity contribution in [3.63, 3.8) is 0 Å². The highest BCUT2D eigenvalue weighted by molar-refractivity contribution is 7.86. The van der Waals surface area contributed by atoms with E-state index in [0.717, 1.165) is 76.5 Å². The summed E-state index contributed by atoms with van der Waals surface area (Å²) in [5.74, 6) is 0. The summed E-state index contributed by atoms with van der Waals surface area (Å²) in [4.78, 5) is 0. The van der Waals surface area contributed by atoms with Gasteiger partial charge in [0.25, 0.3) is 0 Å². The van der Waals surface area contributed by atoms with Crippen LogP contribution in [0.4, 0.5) is 0 Å². The van der Waals surface area contributed by atoms with E-state index in [1.807, 2.05) is 66.7 Å². The van der Waals surface area contributed by atoms with Gasteiger partial charge in [0.15, 0.2) is 7.14 Å². The van der Waals surface area contributed by atoms with Crippen molar-refractivity contribution < 1.29 is 8.98 Å². The Morgan fingerprint density at radius 1 is 0.525 bits per heavy atom. The number of para-hydroxylation sites is 2. The molecular weight excluding hydrogens is 509 g/mol. The molecule has 0 N–H and O–H groups in total. The highest BCUT2D eigenvalue weighted by atomic mass is 31.2. The molecule has 6 aromatic carbocycles. The third kappa shape index (κ3) is 2.72. The van der Waals surface area contributed by atoms with Crippen molar-refractivity contribution in [2.75, 3.05) is 0 Å². The molecule has 1 atom stereocenters. The normalized spacial score (nSPS) is 16.2. The van der Waals surface area contributed by atoms with Crippen LogP contribution in [0.5, 0.6) is 0 Å². The van der Waals surface area contributed by atoms with Crippen LogP contribution in [0.2, 0.25) is 0 Å². The van der Waals surface area contributed by atoms with Gasteiger partial charge in [-0.05, 0) is 47.5 Å². The lowest BCUT2D eigenvalue weighted by atomic mass is 10.0. The van der Waals surface area contributed by atoms with Gasteiger partial charge in [-0.15, -0.1) is 0 Å². The van der Waals surface area contributed by atoms with Crippen LogP contribution in [-0.2, 0) is 4.57 Å². The lowest BCUT2D eigenvalue weighted by molar-refractivity contribution is 0.593. The highest BCUT2D eigenvalue weighted by Crippen LogP contribution is 2.53. The Morgan fingerprint density at radius 3 is 2.15 bits per heavy atom. The first-order valence-corrected chi connectivity index (χ1v) is 15.2. The van der Waals surface area contributed by atoms with Gasteiger partial charge in [0.1, 0.15) is 11.2 Å². The number of hydrogen-bond donors (Lipinski definition) is 0. The molecular formula is C36H22NO2P. The van der Waals surface area contributed by atoms with Gasteiger partial charge < -0.3 is 13.5 Å². The van der Waals surface area contributed by atoms with E-state index in [9.17, 15) is 0 Å². The average Bonchev–Trinajstić information content (AvgIpc) is 3.64. The van der Waals surface area contributed by atoms with Crippen molar-refractivity contribution >= 4 is 66.8 Å². The number of rotatable bonds is 2. The summed E-state index contributed by atoms with van der Waals surface area (Å²) in [6, 6.07) is 45.6. The van der Waals surface area contributed by atoms with Gasteiger partial charge in [-0.1, -0.05) is 97.1 Å². The molecule has 0 saturated heterocycles. The number of benzene rings is 6. The average molecular weight is 532 g/mol. The number of fused-ring (bicyclic) bond motifs is 9. The molecule has 40 heavy (non-hydrogen) atoms. The zero-order valence-corrected chi connectivity index (χ0v) is 22.3. The van der Waals surface area contributed by atoms with Gasteiger partial charge in [-0.25, -0.2) is 0 Å². The van der Waals surface area contributed by atoms with Crippen LogP contribution >= 0.6 is 7.14 Å². The summed E-state index contributed by atoms with van der Waals surface area (Å²) < 4.78 is 23.8. The molecule has 3 heterocycles. The van der Waals surface area contributed by atoms with E-state index in [1.54, 1.807) is 0 Å². The molecule has 1 aliphatic rings. The molecule has 1 aliphatic heterocycles. The van der Waals surface area contributed by atoms with Crippen molar-refractivity contribution in [1.82, 2.24) is 4.57 Å². The van der Waals surface area contributed by atoms with Crippen LogP contribution in [0, 0.1) is 0 Å². The van der Waals surface area contributed by atoms with Crippen molar-refractivity contribution in [3.05, 3.63) is 133 Å². The monoisotopic (exact) mass is 531 g/mol. The predicted octanol–water partition coefficient (Wildman–Crippen LogP) is 8.30. The Balaban J connectivity index is 1.45. The second kappa shape index (κ2) is 7.85. The molecule has 0 aliphatic carbocycles. The first-order valence-electron chi connectivity index (χ1n) is 13.5. The summed E-state index contributed by atoms with van der Waals surface area (Å²) in [6.45, 7) is 0. The number of nitrogens with zero attached hydrogens (tertiary/aromatic N) is 1. The van der Waals surface area contributed by atoms with Crippen LogP contribution in [0.15, 0.2) is 138 Å². The lowest BCUT2D eigenvalue weighted by Gasteiger charge is -2.16. The third-order valence-electron chi connectivity index (χ3n) is 8.40. The summed E-state index contributed by atoms with van der Waals surface area (Å²) in [5, 5.41) is 7.14. The smallest absolute Gasteiger partial charge is 0.172 e. The fourth-order valence-electron chi connectivity index (χ4n) is 6.70. The summed E-state index contributed by atoms with van der Waals surface area (Å²) in [5.41, 5.74) is 7.12. The van der Waals surface area contributed by atoms with Crippen molar-refractivity contribution in [2.24, 2.45) is 0 Å². The van der Waals surface area contributed by atoms with Gasteiger partial charge in [0.2, 0.25) is 0 Å². The van der Waals surface area contributed by atoms with Gasteiger partial charge in [0, 0.05) is 32.1 Å². The predicted molar refractivity (Wildman–Crippen MR) is 166 cm³/mol. The zero-order chi connectivity index (χ0) is 26.4. The fourth-order valence-corrected chi connectivity index (χ4v) is 9.78. The molecule has 1 unspecified atom stereocenters. The van der Waals surface area contributed by atoms with Crippen LogP contribution in [0.25, 0.3) is 60.6 Å². The minimum Gasteiger partial charge on any atom is -0.456 e. The quantitative estimate of drug-likeness (QED) is 0.210. The molecule has 4 heteroatoms. The summed E-state index contributed by atoms with van der Waals surface area (Å²) in [6.07, 6.45) is 0. The standard InChI is InChI=1S/C36H22NO2P/c38-40(23-11-2-1-3-12-23)34-20-9-6-14-25(34)28-21-31-27(22-35(28)40)24-13-4-7-16-29(24)37(31)30-17-10-19-33-36(30)26-15-5-8-18-32(26)39-33/h1-22H. The molecule has 9 rings (SSSR count). The first kappa shape index (κ1) is 22.0. The van der Waals surface area contributed by atoms with E-state index < -0.39 is 7.14 Å². The van der Waals surface area contributed by atoms with Crippen molar-refractivity contribution in [3.8, 4) is 16.8 Å². The minimum absolute atomic E-state index is 0.865. The van der Waals surface area contributed by atoms with Gasteiger partial charge in [0.05, 0.1) is 22.1 Å². The summed E-state index contributed by atoms with van der Waals surface area (Å²) in [7, 11) is -3.03. The molecule has 0 amide bonds. The maximum atomic E-state index is 15.2. The Hall–Kier alpha value is -4.85. The molecule has 2 aromatic heterocycles. The molecule has 0 spiro atoms. The van der Waals surface area contributed by atoms with Crippen LogP contribution < -0.4 is 15.9 Å². The number of hydrogen-bond acceptors (Lipinski definition) is 2. The van der Waals surface area contributed by atoms with E-state index in [2.05, 4.69) is 71.3 Å².